The molecule has 2 unspecified atom stereocenters. The van der Waals surface area contributed by atoms with Crippen molar-refractivity contribution in [3.8, 4) is 28.1 Å². The lowest BCUT2D eigenvalue weighted by Gasteiger charge is -2.41. The first-order valence-corrected chi connectivity index (χ1v) is 14.0. The molecule has 2 aromatic heterocycles. The van der Waals surface area contributed by atoms with Gasteiger partial charge in [0, 0.05) is 41.4 Å². The monoisotopic (exact) mass is 510 g/mol. The third-order valence-electron chi connectivity index (χ3n) is 8.76. The summed E-state index contributed by atoms with van der Waals surface area (Å²) >= 11 is 0. The smallest absolute Gasteiger partial charge is 0.181 e. The second-order valence-corrected chi connectivity index (χ2v) is 11.2. The molecule has 2 aromatic carbocycles. The Kier molecular flexibility index (Phi) is 6.93. The highest BCUT2D eigenvalue weighted by Crippen LogP contribution is 2.38. The summed E-state index contributed by atoms with van der Waals surface area (Å²) in [6.07, 6.45) is 9.39. The fourth-order valence-electron chi connectivity index (χ4n) is 6.48. The topological polar surface area (TPSA) is 63.3 Å². The molecule has 0 bridgehead atoms. The highest BCUT2D eigenvalue weighted by Gasteiger charge is 2.38. The van der Waals surface area contributed by atoms with Gasteiger partial charge in [0.05, 0.1) is 12.3 Å². The predicted octanol–water partition coefficient (Wildman–Crippen LogP) is 6.44. The van der Waals surface area contributed by atoms with Crippen molar-refractivity contribution in [1.29, 1.82) is 0 Å². The maximum atomic E-state index is 5.72. The minimum absolute atomic E-state index is 0.297. The number of aromatic amines is 1. The summed E-state index contributed by atoms with van der Waals surface area (Å²) in [4.78, 5) is 7.49. The van der Waals surface area contributed by atoms with Crippen molar-refractivity contribution in [2.45, 2.75) is 64.0 Å². The Bertz CT molecular complexity index is 1410. The van der Waals surface area contributed by atoms with Crippen molar-refractivity contribution in [3.05, 3.63) is 65.9 Å². The Balaban J connectivity index is 1.25. The van der Waals surface area contributed by atoms with Crippen LogP contribution in [0.1, 0.15) is 50.7 Å². The highest BCUT2D eigenvalue weighted by molar-refractivity contribution is 5.93. The maximum Gasteiger partial charge on any atom is 0.181 e. The van der Waals surface area contributed by atoms with Gasteiger partial charge in [0.1, 0.15) is 12.4 Å². The van der Waals surface area contributed by atoms with E-state index in [0.717, 1.165) is 46.4 Å². The minimum Gasteiger partial charge on any atom is -0.491 e. The third kappa shape index (κ3) is 4.83. The zero-order chi connectivity index (χ0) is 26.1. The molecule has 1 aliphatic heterocycles. The van der Waals surface area contributed by atoms with E-state index in [9.17, 15) is 0 Å². The first-order chi connectivity index (χ1) is 18.5. The van der Waals surface area contributed by atoms with Gasteiger partial charge in [-0.3, -0.25) is 10.00 Å². The van der Waals surface area contributed by atoms with E-state index in [1.807, 2.05) is 18.3 Å². The van der Waals surface area contributed by atoms with Crippen LogP contribution in [0, 0.1) is 0 Å². The molecule has 1 fully saturated rings. The number of aromatic nitrogens is 3. The van der Waals surface area contributed by atoms with Crippen LogP contribution in [-0.2, 0) is 17.6 Å². The van der Waals surface area contributed by atoms with Gasteiger partial charge in [0.15, 0.2) is 5.65 Å². The van der Waals surface area contributed by atoms with Crippen molar-refractivity contribution in [2.75, 3.05) is 26.9 Å². The molecular formula is C32H38N4O2. The summed E-state index contributed by atoms with van der Waals surface area (Å²) < 4.78 is 10.8. The maximum absolute atomic E-state index is 5.72. The Hall–Kier alpha value is -3.22. The van der Waals surface area contributed by atoms with Crippen molar-refractivity contribution in [2.24, 2.45) is 0 Å². The number of methoxy groups -OCH3 is 1. The minimum atomic E-state index is 0.297. The van der Waals surface area contributed by atoms with Gasteiger partial charge in [0.25, 0.3) is 0 Å². The highest BCUT2D eigenvalue weighted by atomic mass is 16.5. The Morgan fingerprint density at radius 3 is 2.53 bits per heavy atom. The molecule has 6 rings (SSSR count). The van der Waals surface area contributed by atoms with Crippen molar-refractivity contribution in [3.63, 3.8) is 0 Å². The molecule has 0 saturated carbocycles. The van der Waals surface area contributed by atoms with Gasteiger partial charge < -0.3 is 9.47 Å². The van der Waals surface area contributed by atoms with E-state index in [-0.39, 0.29) is 0 Å². The van der Waals surface area contributed by atoms with Gasteiger partial charge in [-0.05, 0) is 106 Å². The average molecular weight is 511 g/mol. The number of aryl methyl sites for hydroxylation is 2. The van der Waals surface area contributed by atoms with Crippen molar-refractivity contribution in [1.82, 2.24) is 20.1 Å². The molecule has 2 aliphatic rings. The summed E-state index contributed by atoms with van der Waals surface area (Å²) in [7, 11) is 1.68. The Morgan fingerprint density at radius 1 is 0.974 bits per heavy atom. The summed E-state index contributed by atoms with van der Waals surface area (Å²) in [6, 6.07) is 18.0. The van der Waals surface area contributed by atoms with Crippen LogP contribution in [-0.4, -0.2) is 58.5 Å². The fourth-order valence-corrected chi connectivity index (χ4v) is 6.48. The van der Waals surface area contributed by atoms with Crippen LogP contribution in [0.4, 0.5) is 0 Å². The Morgan fingerprint density at radius 2 is 1.76 bits per heavy atom. The molecule has 2 atom stereocenters. The first kappa shape index (κ1) is 25.1. The fraction of sp³-hybridized carbons (Fsp3) is 0.438. The van der Waals surface area contributed by atoms with E-state index in [1.54, 1.807) is 7.11 Å². The number of benzene rings is 2. The molecule has 6 heteroatoms. The van der Waals surface area contributed by atoms with E-state index in [2.05, 4.69) is 65.3 Å². The molecule has 0 radical (unpaired) electrons. The van der Waals surface area contributed by atoms with Crippen molar-refractivity contribution < 1.29 is 9.47 Å². The number of hydrogen-bond donors (Lipinski definition) is 1. The second-order valence-electron chi connectivity index (χ2n) is 11.2. The molecule has 38 heavy (non-hydrogen) atoms. The number of H-pyrrole nitrogens is 1. The number of ether oxygens (including phenoxy) is 2. The van der Waals surface area contributed by atoms with Gasteiger partial charge in [-0.1, -0.05) is 18.2 Å². The predicted molar refractivity (Wildman–Crippen MR) is 153 cm³/mol. The van der Waals surface area contributed by atoms with Crippen LogP contribution < -0.4 is 4.74 Å². The number of nitrogens with zero attached hydrogens (tertiary/aromatic N) is 3. The van der Waals surface area contributed by atoms with Crippen LogP contribution in [0.2, 0.25) is 0 Å². The van der Waals surface area contributed by atoms with Crippen LogP contribution in [0.3, 0.4) is 0 Å². The normalized spacial score (nSPS) is 21.9. The van der Waals surface area contributed by atoms with E-state index in [1.165, 1.54) is 48.9 Å². The second kappa shape index (κ2) is 10.5. The zero-order valence-corrected chi connectivity index (χ0v) is 22.8. The lowest BCUT2D eigenvalue weighted by atomic mass is 9.89. The first-order valence-electron chi connectivity index (χ1n) is 14.0. The number of likely N-dealkylation sites (tertiary alicyclic amines) is 1. The van der Waals surface area contributed by atoms with Gasteiger partial charge in [-0.2, -0.15) is 5.10 Å². The van der Waals surface area contributed by atoms with Crippen LogP contribution in [0.15, 0.2) is 54.7 Å². The van der Waals surface area contributed by atoms with E-state index < -0.39 is 0 Å². The Labute approximate surface area is 225 Å². The summed E-state index contributed by atoms with van der Waals surface area (Å²) in [5.41, 5.74) is 8.42. The van der Waals surface area contributed by atoms with Gasteiger partial charge in [0.2, 0.25) is 0 Å². The van der Waals surface area contributed by atoms with Gasteiger partial charge in [-0.15, -0.1) is 0 Å². The lowest BCUT2D eigenvalue weighted by molar-refractivity contribution is 0.0821. The molecule has 0 spiro atoms. The SMILES string of the molecule is COCCOc1ccc(-c2[nH]nc3ncc(-c4ccc5c(c4)CCC(C)(N4CCCC4C)CC5)cc23)cc1. The number of nitrogens with one attached hydrogen (secondary N) is 1. The number of hydrogen-bond acceptors (Lipinski definition) is 5. The van der Waals surface area contributed by atoms with Crippen molar-refractivity contribution >= 4 is 11.0 Å². The number of fused-ring (bicyclic) bond motifs is 2. The van der Waals surface area contributed by atoms with Gasteiger partial charge >= 0.3 is 0 Å². The molecule has 1 N–H and O–H groups in total. The van der Waals surface area contributed by atoms with E-state index in [4.69, 9.17) is 14.5 Å². The molecular weight excluding hydrogens is 472 g/mol. The molecule has 4 aromatic rings. The van der Waals surface area contributed by atoms with E-state index in [0.29, 0.717) is 24.8 Å². The quantitative estimate of drug-likeness (QED) is 0.229. The number of rotatable bonds is 7. The molecule has 0 amide bonds. The van der Waals surface area contributed by atoms with Crippen LogP contribution in [0.5, 0.6) is 5.75 Å². The average Bonchev–Trinajstić information content (AvgIpc) is 3.53. The summed E-state index contributed by atoms with van der Waals surface area (Å²) in [6.45, 7) is 7.26. The standard InChI is InChI=1S/C32H38N4O2/c1-22-5-4-16-36(22)32(2)14-12-23-6-7-25(19-26(23)13-15-32)27-20-29-30(34-35-31(29)33-21-27)24-8-10-28(11-9-24)38-18-17-37-3/h6-11,19-22H,4-5,12-18H2,1-3H3,(H,33,34,35). The summed E-state index contributed by atoms with van der Waals surface area (Å²) in [5, 5.41) is 8.70. The van der Waals surface area contributed by atoms with Gasteiger partial charge in [-0.25, -0.2) is 4.98 Å². The largest absolute Gasteiger partial charge is 0.491 e. The van der Waals surface area contributed by atoms with Crippen LogP contribution >= 0.6 is 0 Å². The molecule has 198 valence electrons. The van der Waals surface area contributed by atoms with E-state index >= 15 is 0 Å². The molecule has 6 nitrogen and oxygen atoms in total. The zero-order valence-electron chi connectivity index (χ0n) is 22.8. The molecule has 1 aliphatic carbocycles. The molecule has 1 saturated heterocycles. The van der Waals surface area contributed by atoms with Crippen LogP contribution in [0.25, 0.3) is 33.4 Å². The number of pyridine rings is 1. The lowest BCUT2D eigenvalue weighted by Crippen LogP contribution is -2.48. The summed E-state index contributed by atoms with van der Waals surface area (Å²) in [5.74, 6) is 0.827. The third-order valence-corrected chi connectivity index (χ3v) is 8.76. The molecule has 3 heterocycles.